The van der Waals surface area contributed by atoms with Crippen LogP contribution in [0.25, 0.3) is 0 Å². The zero-order valence-corrected chi connectivity index (χ0v) is 15.2. The highest BCUT2D eigenvalue weighted by Gasteiger charge is 2.24. The van der Waals surface area contributed by atoms with Crippen molar-refractivity contribution >= 4 is 12.1 Å². The Bertz CT molecular complexity index is 578. The highest BCUT2D eigenvalue weighted by molar-refractivity contribution is 5.75. The van der Waals surface area contributed by atoms with E-state index in [-0.39, 0.29) is 12.1 Å². The lowest BCUT2D eigenvalue weighted by atomic mass is 10.1. The first kappa shape index (κ1) is 18.9. The summed E-state index contributed by atoms with van der Waals surface area (Å²) in [5.74, 6) is 0.924. The molecular formula is C18H27N3O4. The first-order valence-electron chi connectivity index (χ1n) is 8.57. The van der Waals surface area contributed by atoms with E-state index in [1.165, 1.54) is 7.11 Å². The smallest absolute Gasteiger partial charge is 0.409 e. The van der Waals surface area contributed by atoms with Crippen LogP contribution in [0.15, 0.2) is 18.2 Å². The Morgan fingerprint density at radius 3 is 2.28 bits per heavy atom. The Hall–Kier alpha value is -2.44. The van der Waals surface area contributed by atoms with Crippen LogP contribution >= 0.6 is 0 Å². The highest BCUT2D eigenvalue weighted by atomic mass is 16.5. The van der Waals surface area contributed by atoms with Crippen molar-refractivity contribution in [2.45, 2.75) is 20.3 Å². The average Bonchev–Trinajstić information content (AvgIpc) is 2.62. The van der Waals surface area contributed by atoms with Gasteiger partial charge in [-0.3, -0.25) is 0 Å². The van der Waals surface area contributed by atoms with E-state index in [0.29, 0.717) is 39.3 Å². The van der Waals surface area contributed by atoms with Crippen LogP contribution in [0.3, 0.4) is 0 Å². The monoisotopic (exact) mass is 349 g/mol. The topological polar surface area (TPSA) is 71.1 Å². The van der Waals surface area contributed by atoms with Crippen molar-refractivity contribution in [3.05, 3.63) is 29.3 Å². The number of hydrogen-bond acceptors (Lipinski definition) is 4. The molecule has 7 heteroatoms. The molecule has 1 saturated heterocycles. The van der Waals surface area contributed by atoms with Gasteiger partial charge < -0.3 is 24.6 Å². The first-order chi connectivity index (χ1) is 12.0. The zero-order chi connectivity index (χ0) is 18.2. The molecule has 1 fully saturated rings. The number of methoxy groups -OCH3 is 1. The summed E-state index contributed by atoms with van der Waals surface area (Å²) < 4.78 is 10.5. The molecule has 1 aliphatic heterocycles. The molecule has 0 aliphatic carbocycles. The number of carbonyl (C=O) groups is 2. The van der Waals surface area contributed by atoms with E-state index in [1.807, 2.05) is 32.0 Å². The summed E-state index contributed by atoms with van der Waals surface area (Å²) >= 11 is 0. The van der Waals surface area contributed by atoms with E-state index in [0.717, 1.165) is 23.3 Å². The van der Waals surface area contributed by atoms with Crippen LogP contribution in [-0.2, 0) is 4.74 Å². The molecule has 0 spiro atoms. The summed E-state index contributed by atoms with van der Waals surface area (Å²) in [5, 5.41) is 2.90. The summed E-state index contributed by atoms with van der Waals surface area (Å²) in [7, 11) is 1.36. The van der Waals surface area contributed by atoms with E-state index in [4.69, 9.17) is 4.74 Å². The Balaban J connectivity index is 1.64. The average molecular weight is 349 g/mol. The molecule has 0 atom stereocenters. The molecule has 1 aliphatic rings. The van der Waals surface area contributed by atoms with Gasteiger partial charge in [-0.15, -0.1) is 0 Å². The number of amides is 3. The van der Waals surface area contributed by atoms with Gasteiger partial charge in [0, 0.05) is 32.7 Å². The van der Waals surface area contributed by atoms with Gasteiger partial charge in [0.25, 0.3) is 0 Å². The molecule has 2 rings (SSSR count). The quantitative estimate of drug-likeness (QED) is 0.827. The van der Waals surface area contributed by atoms with E-state index in [9.17, 15) is 9.59 Å². The molecular weight excluding hydrogens is 322 g/mol. The molecule has 1 N–H and O–H groups in total. The summed E-state index contributed by atoms with van der Waals surface area (Å²) in [6, 6.07) is 5.96. The van der Waals surface area contributed by atoms with Crippen LogP contribution in [-0.4, -0.2) is 68.4 Å². The number of nitrogens with zero attached hydrogens (tertiary/aromatic N) is 2. The van der Waals surface area contributed by atoms with Crippen molar-refractivity contribution in [1.82, 2.24) is 15.1 Å². The van der Waals surface area contributed by atoms with Crippen LogP contribution in [0.4, 0.5) is 9.59 Å². The normalized spacial score (nSPS) is 14.2. The number of rotatable bonds is 5. The van der Waals surface area contributed by atoms with Crippen LogP contribution in [0.5, 0.6) is 5.75 Å². The largest absolute Gasteiger partial charge is 0.493 e. The number of carbonyl (C=O) groups excluding carboxylic acids is 2. The number of urea groups is 1. The molecule has 3 amide bonds. The minimum absolute atomic E-state index is 0.100. The molecule has 0 saturated carbocycles. The fourth-order valence-electron chi connectivity index (χ4n) is 2.80. The Morgan fingerprint density at radius 1 is 1.08 bits per heavy atom. The predicted molar refractivity (Wildman–Crippen MR) is 95.0 cm³/mol. The van der Waals surface area contributed by atoms with Crippen molar-refractivity contribution in [2.75, 3.05) is 46.4 Å². The molecule has 0 unspecified atom stereocenters. The van der Waals surface area contributed by atoms with E-state index in [1.54, 1.807) is 9.80 Å². The molecule has 0 bridgehead atoms. The molecule has 7 nitrogen and oxygen atoms in total. The van der Waals surface area contributed by atoms with Gasteiger partial charge in [-0.1, -0.05) is 18.2 Å². The fraction of sp³-hybridized carbons (Fsp3) is 0.556. The lowest BCUT2D eigenvalue weighted by molar-refractivity contribution is 0.0970. The lowest BCUT2D eigenvalue weighted by Crippen LogP contribution is -2.53. The second kappa shape index (κ2) is 9.15. The van der Waals surface area contributed by atoms with Crippen LogP contribution in [0.1, 0.15) is 17.5 Å². The molecule has 1 aromatic carbocycles. The van der Waals surface area contributed by atoms with Crippen molar-refractivity contribution < 1.29 is 19.1 Å². The van der Waals surface area contributed by atoms with E-state index < -0.39 is 0 Å². The van der Waals surface area contributed by atoms with Gasteiger partial charge in [0.05, 0.1) is 13.7 Å². The third kappa shape index (κ3) is 5.27. The summed E-state index contributed by atoms with van der Waals surface area (Å²) in [6.07, 6.45) is 0.394. The summed E-state index contributed by atoms with van der Waals surface area (Å²) in [5.41, 5.74) is 2.24. The summed E-state index contributed by atoms with van der Waals surface area (Å²) in [6.45, 7) is 7.18. The number of aryl methyl sites for hydroxylation is 2. The maximum atomic E-state index is 12.1. The van der Waals surface area contributed by atoms with Gasteiger partial charge in [0.1, 0.15) is 5.75 Å². The van der Waals surface area contributed by atoms with Gasteiger partial charge in [-0.05, 0) is 31.4 Å². The van der Waals surface area contributed by atoms with Gasteiger partial charge in [0.2, 0.25) is 0 Å². The Labute approximate surface area is 148 Å². The molecule has 1 aromatic rings. The number of nitrogens with one attached hydrogen (secondary N) is 1. The number of piperazine rings is 1. The number of ether oxygens (including phenoxy) is 2. The lowest BCUT2D eigenvalue weighted by Gasteiger charge is -2.33. The summed E-state index contributed by atoms with van der Waals surface area (Å²) in [4.78, 5) is 26.9. The van der Waals surface area contributed by atoms with Crippen LogP contribution in [0, 0.1) is 13.8 Å². The SMILES string of the molecule is COC(=O)N1CCN(C(=O)NCCCOc2c(C)cccc2C)CC1. The van der Waals surface area contributed by atoms with Gasteiger partial charge in [0.15, 0.2) is 0 Å². The van der Waals surface area contributed by atoms with E-state index >= 15 is 0 Å². The molecule has 138 valence electrons. The highest BCUT2D eigenvalue weighted by Crippen LogP contribution is 2.22. The molecule has 0 aromatic heterocycles. The number of hydrogen-bond donors (Lipinski definition) is 1. The van der Waals surface area contributed by atoms with Crippen LogP contribution < -0.4 is 10.1 Å². The molecule has 1 heterocycles. The molecule has 0 radical (unpaired) electrons. The van der Waals surface area contributed by atoms with Crippen LogP contribution in [0.2, 0.25) is 0 Å². The molecule has 25 heavy (non-hydrogen) atoms. The Kier molecular flexibility index (Phi) is 6.91. The minimum atomic E-state index is -0.344. The van der Waals surface area contributed by atoms with Crippen molar-refractivity contribution in [3.8, 4) is 5.75 Å². The minimum Gasteiger partial charge on any atom is -0.493 e. The third-order valence-electron chi connectivity index (χ3n) is 4.25. The maximum absolute atomic E-state index is 12.1. The van der Waals surface area contributed by atoms with E-state index in [2.05, 4.69) is 10.1 Å². The standard InChI is InChI=1S/C18H27N3O4/c1-14-6-4-7-15(2)16(14)25-13-5-8-19-17(22)20-9-11-21(12-10-20)18(23)24-3/h4,6-7H,5,8-13H2,1-3H3,(H,19,22). The van der Waals surface area contributed by atoms with Crippen molar-refractivity contribution in [1.29, 1.82) is 0 Å². The van der Waals surface area contributed by atoms with Gasteiger partial charge >= 0.3 is 12.1 Å². The fourth-order valence-corrected chi connectivity index (χ4v) is 2.80. The van der Waals surface area contributed by atoms with Crippen molar-refractivity contribution in [2.24, 2.45) is 0 Å². The third-order valence-corrected chi connectivity index (χ3v) is 4.25. The number of benzene rings is 1. The second-order valence-electron chi connectivity index (χ2n) is 6.10. The van der Waals surface area contributed by atoms with Crippen molar-refractivity contribution in [3.63, 3.8) is 0 Å². The van der Waals surface area contributed by atoms with Gasteiger partial charge in [-0.25, -0.2) is 9.59 Å². The Morgan fingerprint density at radius 2 is 1.68 bits per heavy atom. The predicted octanol–water partition coefficient (Wildman–Crippen LogP) is 2.17. The zero-order valence-electron chi connectivity index (χ0n) is 15.2. The first-order valence-corrected chi connectivity index (χ1v) is 8.57. The van der Waals surface area contributed by atoms with Gasteiger partial charge in [-0.2, -0.15) is 0 Å². The maximum Gasteiger partial charge on any atom is 0.409 e. The second-order valence-corrected chi connectivity index (χ2v) is 6.10. The number of para-hydroxylation sites is 1.